The fourth-order valence-corrected chi connectivity index (χ4v) is 3.24. The normalized spacial score (nSPS) is 17.5. The standard InChI is InChI=1S/C20H20ClNO5/c1-13(9-14-5-7-17(8-6-14)26-12-19(23)24)22-11-18(27-20(22)25)15-3-2-4-16(21)10-15/h2-8,10,13,18H,9,11-12H2,1H3,(H,23,24). The number of carboxylic acids is 1. The fraction of sp³-hybridized carbons (Fsp3) is 0.300. The van der Waals surface area contributed by atoms with Crippen molar-refractivity contribution in [1.82, 2.24) is 4.90 Å². The van der Waals surface area contributed by atoms with Crippen molar-refractivity contribution in [2.24, 2.45) is 0 Å². The molecule has 0 saturated carbocycles. The van der Waals surface area contributed by atoms with Gasteiger partial charge < -0.3 is 19.5 Å². The van der Waals surface area contributed by atoms with Crippen LogP contribution in [-0.2, 0) is 16.0 Å². The second kappa shape index (κ2) is 8.31. The zero-order valence-electron chi connectivity index (χ0n) is 14.8. The van der Waals surface area contributed by atoms with Gasteiger partial charge in [0.25, 0.3) is 0 Å². The van der Waals surface area contributed by atoms with Gasteiger partial charge in [0.1, 0.15) is 11.9 Å². The zero-order chi connectivity index (χ0) is 19.4. The highest BCUT2D eigenvalue weighted by molar-refractivity contribution is 6.30. The predicted octanol–water partition coefficient (Wildman–Crippen LogP) is 3.93. The third-order valence-electron chi connectivity index (χ3n) is 4.41. The first-order valence-electron chi connectivity index (χ1n) is 8.58. The van der Waals surface area contributed by atoms with Gasteiger partial charge in [-0.25, -0.2) is 9.59 Å². The fourth-order valence-electron chi connectivity index (χ4n) is 3.04. The van der Waals surface area contributed by atoms with Crippen LogP contribution in [0.5, 0.6) is 5.75 Å². The number of benzene rings is 2. The number of ether oxygens (including phenoxy) is 2. The molecule has 6 nitrogen and oxygen atoms in total. The van der Waals surface area contributed by atoms with E-state index in [1.165, 1.54) is 0 Å². The van der Waals surface area contributed by atoms with Gasteiger partial charge in [0, 0.05) is 11.1 Å². The molecule has 1 aliphatic rings. The number of hydrogen-bond donors (Lipinski definition) is 1. The lowest BCUT2D eigenvalue weighted by molar-refractivity contribution is -0.139. The molecule has 2 atom stereocenters. The smallest absolute Gasteiger partial charge is 0.410 e. The molecule has 0 spiro atoms. The molecule has 27 heavy (non-hydrogen) atoms. The van der Waals surface area contributed by atoms with Crippen molar-refractivity contribution in [3.8, 4) is 5.75 Å². The number of nitrogens with zero attached hydrogens (tertiary/aromatic N) is 1. The molecular formula is C20H20ClNO5. The Bertz CT molecular complexity index is 823. The minimum Gasteiger partial charge on any atom is -0.482 e. The molecule has 0 radical (unpaired) electrons. The molecular weight excluding hydrogens is 370 g/mol. The van der Waals surface area contributed by atoms with E-state index in [1.807, 2.05) is 37.3 Å². The average molecular weight is 390 g/mol. The third kappa shape index (κ3) is 4.92. The molecule has 0 aliphatic carbocycles. The first-order valence-corrected chi connectivity index (χ1v) is 8.96. The van der Waals surface area contributed by atoms with Gasteiger partial charge in [0.05, 0.1) is 6.54 Å². The lowest BCUT2D eigenvalue weighted by Crippen LogP contribution is -2.35. The number of cyclic esters (lactones) is 1. The molecule has 0 bridgehead atoms. The van der Waals surface area contributed by atoms with Crippen LogP contribution < -0.4 is 4.74 Å². The van der Waals surface area contributed by atoms with E-state index in [1.54, 1.807) is 23.1 Å². The Labute approximate surface area is 162 Å². The molecule has 3 rings (SSSR count). The molecule has 1 N–H and O–H groups in total. The maximum Gasteiger partial charge on any atom is 0.410 e. The van der Waals surface area contributed by atoms with Gasteiger partial charge in [0.2, 0.25) is 0 Å². The molecule has 2 aromatic carbocycles. The third-order valence-corrected chi connectivity index (χ3v) is 4.64. The predicted molar refractivity (Wildman–Crippen MR) is 100 cm³/mol. The van der Waals surface area contributed by atoms with E-state index in [9.17, 15) is 9.59 Å². The minimum atomic E-state index is -1.02. The summed E-state index contributed by atoms with van der Waals surface area (Å²) in [7, 11) is 0. The molecule has 1 saturated heterocycles. The molecule has 1 heterocycles. The van der Waals surface area contributed by atoms with E-state index in [-0.39, 0.29) is 24.8 Å². The van der Waals surface area contributed by atoms with Crippen molar-refractivity contribution in [3.05, 3.63) is 64.7 Å². The average Bonchev–Trinajstić information content (AvgIpc) is 3.03. The number of carboxylic acid groups (broad SMARTS) is 1. The number of halogens is 1. The highest BCUT2D eigenvalue weighted by Gasteiger charge is 2.35. The van der Waals surface area contributed by atoms with Crippen LogP contribution >= 0.6 is 11.6 Å². The number of carbonyl (C=O) groups excluding carboxylic acids is 1. The minimum absolute atomic E-state index is 0.0486. The first kappa shape index (κ1) is 19.0. The summed E-state index contributed by atoms with van der Waals surface area (Å²) in [4.78, 5) is 24.5. The van der Waals surface area contributed by atoms with Gasteiger partial charge in [-0.1, -0.05) is 35.9 Å². The Balaban J connectivity index is 1.60. The Morgan fingerprint density at radius 3 is 2.74 bits per heavy atom. The number of carbonyl (C=O) groups is 2. The second-order valence-corrected chi connectivity index (χ2v) is 6.90. The number of aliphatic carboxylic acids is 1. The molecule has 142 valence electrons. The van der Waals surface area contributed by atoms with Crippen LogP contribution in [0, 0.1) is 0 Å². The highest BCUT2D eigenvalue weighted by Crippen LogP contribution is 2.29. The Hall–Kier alpha value is -2.73. The van der Waals surface area contributed by atoms with Crippen LogP contribution in [0.15, 0.2) is 48.5 Å². The quantitative estimate of drug-likeness (QED) is 0.776. The lowest BCUT2D eigenvalue weighted by atomic mass is 10.0. The van der Waals surface area contributed by atoms with Crippen molar-refractivity contribution in [3.63, 3.8) is 0 Å². The topological polar surface area (TPSA) is 76.1 Å². The van der Waals surface area contributed by atoms with Crippen LogP contribution in [0.4, 0.5) is 4.79 Å². The maximum absolute atomic E-state index is 12.3. The van der Waals surface area contributed by atoms with Crippen molar-refractivity contribution in [2.75, 3.05) is 13.2 Å². The van der Waals surface area contributed by atoms with Crippen molar-refractivity contribution in [2.45, 2.75) is 25.5 Å². The van der Waals surface area contributed by atoms with Gasteiger partial charge in [-0.15, -0.1) is 0 Å². The van der Waals surface area contributed by atoms with E-state index in [0.717, 1.165) is 11.1 Å². The van der Waals surface area contributed by atoms with Gasteiger partial charge in [-0.3, -0.25) is 0 Å². The maximum atomic E-state index is 12.3. The zero-order valence-corrected chi connectivity index (χ0v) is 15.6. The van der Waals surface area contributed by atoms with Gasteiger partial charge >= 0.3 is 12.1 Å². The Kier molecular flexibility index (Phi) is 5.86. The van der Waals surface area contributed by atoms with E-state index >= 15 is 0 Å². The van der Waals surface area contributed by atoms with Gasteiger partial charge in [0.15, 0.2) is 6.61 Å². The van der Waals surface area contributed by atoms with E-state index < -0.39 is 5.97 Å². The molecule has 2 aromatic rings. The lowest BCUT2D eigenvalue weighted by Gasteiger charge is -2.22. The Morgan fingerprint density at radius 2 is 2.07 bits per heavy atom. The van der Waals surface area contributed by atoms with Gasteiger partial charge in [-0.05, 0) is 48.7 Å². The van der Waals surface area contributed by atoms with E-state index in [4.69, 9.17) is 26.2 Å². The molecule has 2 unspecified atom stereocenters. The van der Waals surface area contributed by atoms with Crippen LogP contribution in [0.1, 0.15) is 24.2 Å². The highest BCUT2D eigenvalue weighted by atomic mass is 35.5. The Morgan fingerprint density at radius 1 is 1.33 bits per heavy atom. The van der Waals surface area contributed by atoms with Crippen LogP contribution in [0.2, 0.25) is 5.02 Å². The van der Waals surface area contributed by atoms with Crippen LogP contribution in [0.3, 0.4) is 0 Å². The molecule has 1 amide bonds. The van der Waals surface area contributed by atoms with Crippen molar-refractivity contribution < 1.29 is 24.2 Å². The number of rotatable bonds is 7. The van der Waals surface area contributed by atoms with E-state index in [0.29, 0.717) is 23.7 Å². The summed E-state index contributed by atoms with van der Waals surface area (Å²) in [5.41, 5.74) is 1.90. The first-order chi connectivity index (χ1) is 12.9. The summed E-state index contributed by atoms with van der Waals surface area (Å²) in [6.45, 7) is 2.07. The van der Waals surface area contributed by atoms with Crippen molar-refractivity contribution in [1.29, 1.82) is 0 Å². The number of amides is 1. The summed E-state index contributed by atoms with van der Waals surface area (Å²) in [5.74, 6) is -0.523. The molecule has 1 aliphatic heterocycles. The summed E-state index contributed by atoms with van der Waals surface area (Å²) in [5, 5.41) is 9.24. The van der Waals surface area contributed by atoms with Crippen LogP contribution in [-0.4, -0.2) is 41.3 Å². The monoisotopic (exact) mass is 389 g/mol. The summed E-state index contributed by atoms with van der Waals surface area (Å²) in [6.07, 6.45) is -0.0179. The van der Waals surface area contributed by atoms with E-state index in [2.05, 4.69) is 0 Å². The SMILES string of the molecule is CC(Cc1ccc(OCC(=O)O)cc1)N1CC(c2cccc(Cl)c2)OC1=O. The summed E-state index contributed by atoms with van der Waals surface area (Å²) >= 11 is 6.02. The second-order valence-electron chi connectivity index (χ2n) is 6.46. The van der Waals surface area contributed by atoms with Crippen molar-refractivity contribution >= 4 is 23.7 Å². The number of hydrogen-bond acceptors (Lipinski definition) is 4. The van der Waals surface area contributed by atoms with Crippen LogP contribution in [0.25, 0.3) is 0 Å². The molecule has 1 fully saturated rings. The summed E-state index contributed by atoms with van der Waals surface area (Å²) < 4.78 is 10.6. The van der Waals surface area contributed by atoms with Gasteiger partial charge in [-0.2, -0.15) is 0 Å². The summed E-state index contributed by atoms with van der Waals surface area (Å²) in [6, 6.07) is 14.5. The molecule has 7 heteroatoms. The molecule has 0 aromatic heterocycles. The largest absolute Gasteiger partial charge is 0.482 e.